The van der Waals surface area contributed by atoms with Gasteiger partial charge in [0, 0.05) is 50.6 Å². The van der Waals surface area contributed by atoms with Gasteiger partial charge in [0.1, 0.15) is 0 Å². The average molecular weight is 364 g/mol. The Morgan fingerprint density at radius 3 is 2.59 bits per heavy atom. The van der Waals surface area contributed by atoms with Gasteiger partial charge in [0.2, 0.25) is 0 Å². The van der Waals surface area contributed by atoms with Gasteiger partial charge in [0.05, 0.1) is 23.4 Å². The molecule has 27 heavy (non-hydrogen) atoms. The maximum atomic E-state index is 12.6. The summed E-state index contributed by atoms with van der Waals surface area (Å²) in [5, 5.41) is 8.45. The van der Waals surface area contributed by atoms with Gasteiger partial charge >= 0.3 is 0 Å². The zero-order valence-corrected chi connectivity index (χ0v) is 15.7. The van der Waals surface area contributed by atoms with Crippen LogP contribution < -0.4 is 10.5 Å². The highest BCUT2D eigenvalue weighted by Crippen LogP contribution is 2.21. The summed E-state index contributed by atoms with van der Waals surface area (Å²) >= 11 is 0. The Balaban J connectivity index is 1.47. The van der Waals surface area contributed by atoms with Crippen LogP contribution in [0, 0.1) is 0 Å². The number of nitrogens with zero attached hydrogens (tertiary/aromatic N) is 6. The number of fused-ring (bicyclic) bond motifs is 1. The molecule has 0 atom stereocenters. The number of benzene rings is 1. The number of hydrogen-bond acceptors (Lipinski definition) is 6. The second kappa shape index (κ2) is 7.44. The fraction of sp³-hybridized carbons (Fsp3) is 0.400. The number of aromatic nitrogens is 4. The average Bonchev–Trinajstić information content (AvgIpc) is 2.69. The highest BCUT2D eigenvalue weighted by Gasteiger charge is 2.18. The van der Waals surface area contributed by atoms with Crippen LogP contribution in [-0.2, 0) is 6.54 Å². The van der Waals surface area contributed by atoms with E-state index in [9.17, 15) is 4.79 Å². The molecular formula is C20H24N6O. The number of piperazine rings is 1. The van der Waals surface area contributed by atoms with E-state index in [0.29, 0.717) is 5.39 Å². The summed E-state index contributed by atoms with van der Waals surface area (Å²) in [6.07, 6.45) is 5.21. The van der Waals surface area contributed by atoms with Gasteiger partial charge in [-0.1, -0.05) is 0 Å². The molecule has 3 heterocycles. The number of hydrogen-bond donors (Lipinski definition) is 0. The van der Waals surface area contributed by atoms with Gasteiger partial charge in [-0.05, 0) is 43.7 Å². The molecule has 140 valence electrons. The third-order valence-electron chi connectivity index (χ3n) is 5.11. The molecule has 0 bridgehead atoms. The predicted octanol–water partition coefficient (Wildman–Crippen LogP) is 2.09. The summed E-state index contributed by atoms with van der Waals surface area (Å²) in [5.74, 6) is 0. The highest BCUT2D eigenvalue weighted by molar-refractivity contribution is 5.81. The predicted molar refractivity (Wildman–Crippen MR) is 106 cm³/mol. The van der Waals surface area contributed by atoms with E-state index in [1.165, 1.54) is 5.56 Å². The molecule has 0 spiro atoms. The van der Waals surface area contributed by atoms with Gasteiger partial charge in [-0.3, -0.25) is 14.3 Å². The molecule has 3 aromatic rings. The summed E-state index contributed by atoms with van der Waals surface area (Å²) in [6, 6.07) is 8.10. The lowest BCUT2D eigenvalue weighted by Crippen LogP contribution is -2.46. The zero-order valence-electron chi connectivity index (χ0n) is 15.7. The first-order valence-corrected chi connectivity index (χ1v) is 9.35. The van der Waals surface area contributed by atoms with Gasteiger partial charge in [-0.25, -0.2) is 4.98 Å². The molecule has 4 rings (SSSR count). The summed E-state index contributed by atoms with van der Waals surface area (Å²) < 4.78 is 1.68. The molecule has 1 aromatic carbocycles. The zero-order chi connectivity index (χ0) is 18.8. The van der Waals surface area contributed by atoms with Crippen LogP contribution in [0.5, 0.6) is 0 Å². The minimum absolute atomic E-state index is 0.0253. The Morgan fingerprint density at radius 2 is 1.89 bits per heavy atom. The second-order valence-corrected chi connectivity index (χ2v) is 7.27. The molecule has 0 aliphatic carbocycles. The molecule has 0 N–H and O–H groups in total. The minimum atomic E-state index is 0.0253. The van der Waals surface area contributed by atoms with Gasteiger partial charge < -0.3 is 4.90 Å². The van der Waals surface area contributed by atoms with Crippen molar-refractivity contribution in [3.63, 3.8) is 0 Å². The van der Waals surface area contributed by atoms with Crippen molar-refractivity contribution in [1.82, 2.24) is 24.6 Å². The molecule has 1 saturated heterocycles. The van der Waals surface area contributed by atoms with E-state index in [1.54, 1.807) is 17.1 Å². The van der Waals surface area contributed by atoms with Crippen LogP contribution in [0.3, 0.4) is 0 Å². The fourth-order valence-corrected chi connectivity index (χ4v) is 3.52. The lowest BCUT2D eigenvalue weighted by molar-refractivity contribution is 0.249. The minimum Gasteiger partial charge on any atom is -0.369 e. The summed E-state index contributed by atoms with van der Waals surface area (Å²) in [6.45, 7) is 8.76. The van der Waals surface area contributed by atoms with Gasteiger partial charge in [-0.2, -0.15) is 10.2 Å². The van der Waals surface area contributed by atoms with Crippen LogP contribution in [0.2, 0.25) is 0 Å². The van der Waals surface area contributed by atoms with Crippen molar-refractivity contribution in [3.05, 3.63) is 58.9 Å². The first kappa shape index (κ1) is 17.6. The quantitative estimate of drug-likeness (QED) is 0.706. The second-order valence-electron chi connectivity index (χ2n) is 7.27. The SMILES string of the molecule is CC(C)n1cnc2cc(N3CCN(Cc4ccnnc4)CC3)ccc2c1=O. The summed E-state index contributed by atoms with van der Waals surface area (Å²) in [7, 11) is 0. The lowest BCUT2D eigenvalue weighted by Gasteiger charge is -2.36. The maximum Gasteiger partial charge on any atom is 0.261 e. The van der Waals surface area contributed by atoms with Crippen LogP contribution >= 0.6 is 0 Å². The van der Waals surface area contributed by atoms with Crippen LogP contribution in [0.15, 0.2) is 47.8 Å². The molecule has 1 aliphatic heterocycles. The Morgan fingerprint density at radius 1 is 1.07 bits per heavy atom. The molecular weight excluding hydrogens is 340 g/mol. The van der Waals surface area contributed by atoms with Gasteiger partial charge in [-0.15, -0.1) is 0 Å². The van der Waals surface area contributed by atoms with Crippen LogP contribution in [0.25, 0.3) is 10.9 Å². The lowest BCUT2D eigenvalue weighted by atomic mass is 10.1. The van der Waals surface area contributed by atoms with Crippen molar-refractivity contribution in [2.45, 2.75) is 26.4 Å². The molecule has 0 amide bonds. The van der Waals surface area contributed by atoms with Crippen molar-refractivity contribution in [2.24, 2.45) is 0 Å². The van der Waals surface area contributed by atoms with Crippen LogP contribution in [-0.4, -0.2) is 50.8 Å². The maximum absolute atomic E-state index is 12.6. The monoisotopic (exact) mass is 364 g/mol. The largest absolute Gasteiger partial charge is 0.369 e. The Bertz CT molecular complexity index is 977. The fourth-order valence-electron chi connectivity index (χ4n) is 3.52. The third kappa shape index (κ3) is 3.68. The van der Waals surface area contributed by atoms with E-state index >= 15 is 0 Å². The third-order valence-corrected chi connectivity index (χ3v) is 5.11. The molecule has 0 radical (unpaired) electrons. The molecule has 2 aromatic heterocycles. The number of rotatable bonds is 4. The van der Waals surface area contributed by atoms with E-state index in [4.69, 9.17) is 0 Å². The summed E-state index contributed by atoms with van der Waals surface area (Å²) in [5.41, 5.74) is 3.11. The normalized spacial score (nSPS) is 15.6. The molecule has 0 unspecified atom stereocenters. The van der Waals surface area contributed by atoms with Crippen molar-refractivity contribution >= 4 is 16.6 Å². The van der Waals surface area contributed by atoms with E-state index in [1.807, 2.05) is 44.3 Å². The molecule has 1 fully saturated rings. The summed E-state index contributed by atoms with van der Waals surface area (Å²) in [4.78, 5) is 21.9. The Hall–Kier alpha value is -2.80. The molecule has 1 aliphatic rings. The van der Waals surface area contributed by atoms with Crippen molar-refractivity contribution in [2.75, 3.05) is 31.1 Å². The van der Waals surface area contributed by atoms with E-state index in [-0.39, 0.29) is 11.6 Å². The standard InChI is InChI=1S/C20H24N6O/c1-15(2)26-14-21-19-11-17(3-4-18(19)20(26)27)25-9-7-24(8-10-25)13-16-5-6-22-23-12-16/h3-6,11-12,14-15H,7-10,13H2,1-2H3. The highest BCUT2D eigenvalue weighted by atomic mass is 16.1. The Kier molecular flexibility index (Phi) is 4.85. The van der Waals surface area contributed by atoms with E-state index < -0.39 is 0 Å². The first-order valence-electron chi connectivity index (χ1n) is 9.35. The van der Waals surface area contributed by atoms with Crippen molar-refractivity contribution < 1.29 is 0 Å². The van der Waals surface area contributed by atoms with Crippen LogP contribution in [0.1, 0.15) is 25.5 Å². The van der Waals surface area contributed by atoms with Crippen molar-refractivity contribution in [1.29, 1.82) is 0 Å². The van der Waals surface area contributed by atoms with Crippen LogP contribution in [0.4, 0.5) is 5.69 Å². The molecule has 0 saturated carbocycles. The van der Waals surface area contributed by atoms with E-state index in [2.05, 4.69) is 25.0 Å². The number of anilines is 1. The van der Waals surface area contributed by atoms with E-state index in [0.717, 1.165) is 43.9 Å². The smallest absolute Gasteiger partial charge is 0.261 e. The molecule has 7 nitrogen and oxygen atoms in total. The van der Waals surface area contributed by atoms with Gasteiger partial charge in [0.25, 0.3) is 5.56 Å². The molecule has 7 heteroatoms. The first-order chi connectivity index (χ1) is 13.1. The topological polar surface area (TPSA) is 67.2 Å². The van der Waals surface area contributed by atoms with Crippen molar-refractivity contribution in [3.8, 4) is 0 Å². The Labute approximate surface area is 158 Å². The van der Waals surface area contributed by atoms with Gasteiger partial charge in [0.15, 0.2) is 0 Å².